The van der Waals surface area contributed by atoms with Gasteiger partial charge in [-0.3, -0.25) is 4.79 Å². The zero-order chi connectivity index (χ0) is 14.0. The first kappa shape index (κ1) is 13.7. The summed E-state index contributed by atoms with van der Waals surface area (Å²) in [6.07, 6.45) is -0.242. The lowest BCUT2D eigenvalue weighted by Crippen LogP contribution is -2.31. The Labute approximate surface area is 107 Å². The van der Waals surface area contributed by atoms with E-state index in [1.54, 1.807) is 0 Å². The summed E-state index contributed by atoms with van der Waals surface area (Å²) in [7, 11) is 1.26. The molecule has 1 N–H and O–H groups in total. The van der Waals surface area contributed by atoms with E-state index in [1.807, 2.05) is 0 Å². The van der Waals surface area contributed by atoms with Crippen molar-refractivity contribution in [2.24, 2.45) is 0 Å². The maximum absolute atomic E-state index is 13.4. The van der Waals surface area contributed by atoms with Gasteiger partial charge in [0, 0.05) is 25.1 Å². The van der Waals surface area contributed by atoms with Crippen molar-refractivity contribution < 1.29 is 27.4 Å². The lowest BCUT2D eigenvalue weighted by molar-refractivity contribution is -0.142. The number of hydrogen-bond acceptors (Lipinski definition) is 4. The number of benzene rings is 1. The molecule has 1 heterocycles. The maximum Gasteiger partial charge on any atom is 0.323 e. The van der Waals surface area contributed by atoms with Gasteiger partial charge in [0.2, 0.25) is 0 Å². The molecule has 0 spiro atoms. The third kappa shape index (κ3) is 2.98. The van der Waals surface area contributed by atoms with Crippen molar-refractivity contribution in [2.75, 3.05) is 13.7 Å². The molecule has 1 aliphatic heterocycles. The number of carbonyl (C=O) groups excluding carboxylic acids is 1. The van der Waals surface area contributed by atoms with E-state index in [0.717, 1.165) is 0 Å². The highest BCUT2D eigenvalue weighted by atomic mass is 19.2. The smallest absolute Gasteiger partial charge is 0.323 e. The highest BCUT2D eigenvalue weighted by Crippen LogP contribution is 2.24. The van der Waals surface area contributed by atoms with Crippen molar-refractivity contribution in [1.82, 2.24) is 5.32 Å². The second-order valence-corrected chi connectivity index (χ2v) is 4.16. The highest BCUT2D eigenvalue weighted by molar-refractivity contribution is 5.76. The van der Waals surface area contributed by atoms with E-state index in [0.29, 0.717) is 12.1 Å². The molecule has 0 bridgehead atoms. The Kier molecular flexibility index (Phi) is 3.94. The fourth-order valence-corrected chi connectivity index (χ4v) is 1.89. The molecule has 0 aromatic heterocycles. The summed E-state index contributed by atoms with van der Waals surface area (Å²) < 4.78 is 48.9. The zero-order valence-corrected chi connectivity index (χ0v) is 10.1. The predicted octanol–water partition coefficient (Wildman–Crippen LogP) is 1.39. The molecule has 104 valence electrons. The first-order valence-corrected chi connectivity index (χ1v) is 5.63. The maximum atomic E-state index is 13.4. The minimum Gasteiger partial charge on any atom is -0.486 e. The van der Waals surface area contributed by atoms with Crippen molar-refractivity contribution in [3.63, 3.8) is 0 Å². The van der Waals surface area contributed by atoms with Crippen LogP contribution in [0.3, 0.4) is 0 Å². The molecule has 19 heavy (non-hydrogen) atoms. The lowest BCUT2D eigenvalue weighted by Gasteiger charge is -2.13. The van der Waals surface area contributed by atoms with Gasteiger partial charge in [-0.15, -0.1) is 0 Å². The molecule has 0 saturated carbocycles. The van der Waals surface area contributed by atoms with Crippen molar-refractivity contribution >= 4 is 5.97 Å². The SMILES string of the molecule is COC(=O)[C@@H]1C[C@H](Oc2cc(F)c(F)cc2F)CN1. The fourth-order valence-electron chi connectivity index (χ4n) is 1.89. The van der Waals surface area contributed by atoms with Crippen LogP contribution in [0.25, 0.3) is 0 Å². The Bertz CT molecular complexity index is 495. The molecular formula is C12H12F3NO3. The van der Waals surface area contributed by atoms with Crippen LogP contribution in [0.2, 0.25) is 0 Å². The first-order chi connectivity index (χ1) is 9.01. The van der Waals surface area contributed by atoms with Gasteiger partial charge in [-0.1, -0.05) is 0 Å². The second kappa shape index (κ2) is 5.48. The van der Waals surface area contributed by atoms with Gasteiger partial charge in [-0.2, -0.15) is 0 Å². The summed E-state index contributed by atoms with van der Waals surface area (Å²) >= 11 is 0. The molecule has 2 rings (SSSR count). The molecule has 1 aromatic carbocycles. The average molecular weight is 275 g/mol. The molecule has 0 radical (unpaired) electrons. The molecule has 1 fully saturated rings. The molecule has 4 nitrogen and oxygen atoms in total. The quantitative estimate of drug-likeness (QED) is 0.669. The third-order valence-electron chi connectivity index (χ3n) is 2.84. The Morgan fingerprint density at radius 1 is 1.26 bits per heavy atom. The number of nitrogens with one attached hydrogen (secondary N) is 1. The molecule has 7 heteroatoms. The van der Waals surface area contributed by atoms with Gasteiger partial charge in [0.05, 0.1) is 7.11 Å². The number of rotatable bonds is 3. The van der Waals surface area contributed by atoms with Crippen LogP contribution in [0.4, 0.5) is 13.2 Å². The van der Waals surface area contributed by atoms with Gasteiger partial charge in [0.15, 0.2) is 23.2 Å². The van der Waals surface area contributed by atoms with Gasteiger partial charge in [-0.25, -0.2) is 13.2 Å². The molecular weight excluding hydrogens is 263 g/mol. The van der Waals surface area contributed by atoms with Crippen LogP contribution in [-0.2, 0) is 9.53 Å². The number of carbonyl (C=O) groups is 1. The van der Waals surface area contributed by atoms with Crippen molar-refractivity contribution in [2.45, 2.75) is 18.6 Å². The van der Waals surface area contributed by atoms with Crippen LogP contribution < -0.4 is 10.1 Å². The van der Waals surface area contributed by atoms with Crippen LogP contribution in [0.1, 0.15) is 6.42 Å². The summed E-state index contributed by atoms with van der Waals surface area (Å²) in [6.45, 7) is 0.290. The molecule has 2 atom stereocenters. The van der Waals surface area contributed by atoms with Crippen LogP contribution in [0.5, 0.6) is 5.75 Å². The normalized spacial score (nSPS) is 22.3. The van der Waals surface area contributed by atoms with E-state index in [-0.39, 0.29) is 18.7 Å². The van der Waals surface area contributed by atoms with E-state index in [4.69, 9.17) is 4.74 Å². The largest absolute Gasteiger partial charge is 0.486 e. The Morgan fingerprint density at radius 3 is 2.63 bits per heavy atom. The van der Waals surface area contributed by atoms with Gasteiger partial charge < -0.3 is 14.8 Å². The van der Waals surface area contributed by atoms with E-state index in [2.05, 4.69) is 10.1 Å². The zero-order valence-electron chi connectivity index (χ0n) is 10.1. The van der Waals surface area contributed by atoms with Crippen LogP contribution in [-0.4, -0.2) is 31.8 Å². The first-order valence-electron chi connectivity index (χ1n) is 5.63. The number of hydrogen-bond donors (Lipinski definition) is 1. The minimum absolute atomic E-state index is 0.269. The van der Waals surface area contributed by atoms with E-state index in [1.165, 1.54) is 7.11 Å². The lowest BCUT2D eigenvalue weighted by atomic mass is 10.2. The summed E-state index contributed by atoms with van der Waals surface area (Å²) in [4.78, 5) is 11.3. The fraction of sp³-hybridized carbons (Fsp3) is 0.417. The number of esters is 1. The average Bonchev–Trinajstić information content (AvgIpc) is 2.83. The summed E-state index contributed by atoms with van der Waals surface area (Å²) in [5, 5.41) is 2.83. The van der Waals surface area contributed by atoms with Crippen molar-refractivity contribution in [3.8, 4) is 5.75 Å². The topological polar surface area (TPSA) is 47.6 Å². The summed E-state index contributed by atoms with van der Waals surface area (Å²) in [5.74, 6) is -4.28. The van der Waals surface area contributed by atoms with Gasteiger partial charge >= 0.3 is 5.97 Å². The van der Waals surface area contributed by atoms with Gasteiger partial charge in [-0.05, 0) is 0 Å². The number of ether oxygens (including phenoxy) is 2. The van der Waals surface area contributed by atoms with E-state index >= 15 is 0 Å². The molecule has 1 aliphatic rings. The Morgan fingerprint density at radius 2 is 1.95 bits per heavy atom. The standard InChI is InChI=1S/C12H12F3NO3/c1-18-12(17)10-2-6(5-16-10)19-11-4-8(14)7(13)3-9(11)15/h3-4,6,10,16H,2,5H2,1H3/t6-,10-/m0/s1. The molecule has 0 aliphatic carbocycles. The predicted molar refractivity (Wildman–Crippen MR) is 59.2 cm³/mol. The summed E-state index contributed by atoms with van der Waals surface area (Å²) in [5.41, 5.74) is 0. The Balaban J connectivity index is 2.03. The monoisotopic (exact) mass is 275 g/mol. The third-order valence-corrected chi connectivity index (χ3v) is 2.84. The van der Waals surface area contributed by atoms with Gasteiger partial charge in [0.25, 0.3) is 0 Å². The van der Waals surface area contributed by atoms with E-state index in [9.17, 15) is 18.0 Å². The van der Waals surface area contributed by atoms with Crippen LogP contribution >= 0.6 is 0 Å². The molecule has 1 saturated heterocycles. The van der Waals surface area contributed by atoms with Crippen LogP contribution in [0.15, 0.2) is 12.1 Å². The second-order valence-electron chi connectivity index (χ2n) is 4.16. The number of methoxy groups -OCH3 is 1. The van der Waals surface area contributed by atoms with E-state index < -0.39 is 35.6 Å². The van der Waals surface area contributed by atoms with Crippen molar-refractivity contribution in [1.29, 1.82) is 0 Å². The molecule has 0 amide bonds. The van der Waals surface area contributed by atoms with Crippen molar-refractivity contribution in [3.05, 3.63) is 29.6 Å². The molecule has 1 aromatic rings. The molecule has 0 unspecified atom stereocenters. The van der Waals surface area contributed by atoms with Crippen LogP contribution in [0, 0.1) is 17.5 Å². The highest BCUT2D eigenvalue weighted by Gasteiger charge is 2.32. The Hall–Kier alpha value is -1.76. The van der Waals surface area contributed by atoms with Gasteiger partial charge in [0.1, 0.15) is 12.1 Å². The number of halogens is 3. The summed E-state index contributed by atoms with van der Waals surface area (Å²) in [6, 6.07) is 0.532. The minimum atomic E-state index is -1.28.